The van der Waals surface area contributed by atoms with Gasteiger partial charge < -0.3 is 9.84 Å². The Bertz CT molecular complexity index is 580. The number of aromatic nitrogens is 1. The summed E-state index contributed by atoms with van der Waals surface area (Å²) in [5, 5.41) is 11.4. The molecule has 0 radical (unpaired) electrons. The standard InChI is InChI=1S/C19H25NO2/c1-5-19(21,17-8-6-7-13-20-17)18(14(2)3)15-9-11-16(22-4)12-10-15/h6-14,18,21H,5H2,1-4H3/t18-,19+/m1/s1. The van der Waals surface area contributed by atoms with Crippen molar-refractivity contribution in [3.05, 3.63) is 59.9 Å². The van der Waals surface area contributed by atoms with Crippen LogP contribution >= 0.6 is 0 Å². The van der Waals surface area contributed by atoms with Gasteiger partial charge in [0.15, 0.2) is 0 Å². The van der Waals surface area contributed by atoms with Crippen molar-refractivity contribution in [1.82, 2.24) is 4.98 Å². The molecule has 1 aromatic heterocycles. The summed E-state index contributed by atoms with van der Waals surface area (Å²) in [5.41, 5.74) is 0.849. The number of ether oxygens (including phenoxy) is 1. The van der Waals surface area contributed by atoms with E-state index >= 15 is 0 Å². The first-order valence-electron chi connectivity index (χ1n) is 7.80. The van der Waals surface area contributed by atoms with E-state index in [1.807, 2.05) is 49.4 Å². The predicted octanol–water partition coefficient (Wildman–Crippen LogP) is 4.13. The number of methoxy groups -OCH3 is 1. The normalized spacial score (nSPS) is 15.4. The highest BCUT2D eigenvalue weighted by Gasteiger charge is 2.40. The molecule has 118 valence electrons. The van der Waals surface area contributed by atoms with Crippen LogP contribution < -0.4 is 4.74 Å². The van der Waals surface area contributed by atoms with Gasteiger partial charge in [-0.25, -0.2) is 0 Å². The first-order chi connectivity index (χ1) is 10.5. The molecule has 0 unspecified atom stereocenters. The van der Waals surface area contributed by atoms with Crippen molar-refractivity contribution in [2.75, 3.05) is 7.11 Å². The minimum absolute atomic E-state index is 0.0293. The smallest absolute Gasteiger partial charge is 0.118 e. The molecule has 0 amide bonds. The fourth-order valence-corrected chi connectivity index (χ4v) is 3.20. The Balaban J connectivity index is 2.48. The van der Waals surface area contributed by atoms with Crippen LogP contribution in [0.15, 0.2) is 48.7 Å². The maximum Gasteiger partial charge on any atom is 0.118 e. The van der Waals surface area contributed by atoms with E-state index < -0.39 is 5.60 Å². The monoisotopic (exact) mass is 299 g/mol. The molecule has 0 saturated carbocycles. The van der Waals surface area contributed by atoms with Crippen molar-refractivity contribution in [3.8, 4) is 5.75 Å². The largest absolute Gasteiger partial charge is 0.497 e. The van der Waals surface area contributed by atoms with Crippen LogP contribution in [0.1, 0.15) is 44.4 Å². The molecule has 1 heterocycles. The average molecular weight is 299 g/mol. The molecule has 3 heteroatoms. The van der Waals surface area contributed by atoms with Gasteiger partial charge in [0, 0.05) is 12.1 Å². The lowest BCUT2D eigenvalue weighted by Gasteiger charge is -2.38. The summed E-state index contributed by atoms with van der Waals surface area (Å²) in [6.45, 7) is 6.28. The fraction of sp³-hybridized carbons (Fsp3) is 0.421. The van der Waals surface area contributed by atoms with E-state index in [2.05, 4.69) is 18.8 Å². The number of rotatable bonds is 6. The molecule has 0 aliphatic heterocycles. The van der Waals surface area contributed by atoms with Crippen LogP contribution in [0, 0.1) is 5.92 Å². The van der Waals surface area contributed by atoms with E-state index in [0.717, 1.165) is 17.0 Å². The van der Waals surface area contributed by atoms with Gasteiger partial charge in [-0.3, -0.25) is 4.98 Å². The van der Waals surface area contributed by atoms with E-state index in [1.54, 1.807) is 13.3 Å². The Labute approximate surface area is 133 Å². The second-order valence-corrected chi connectivity index (χ2v) is 5.99. The number of benzene rings is 1. The number of hydrogen-bond donors (Lipinski definition) is 1. The van der Waals surface area contributed by atoms with E-state index in [9.17, 15) is 5.11 Å². The Hall–Kier alpha value is -1.87. The maximum absolute atomic E-state index is 11.4. The zero-order chi connectivity index (χ0) is 16.2. The van der Waals surface area contributed by atoms with Crippen LogP contribution in [0.5, 0.6) is 5.75 Å². The van der Waals surface area contributed by atoms with Crippen molar-refractivity contribution >= 4 is 0 Å². The van der Waals surface area contributed by atoms with Gasteiger partial charge in [-0.1, -0.05) is 39.0 Å². The molecule has 2 atom stereocenters. The Kier molecular flexibility index (Phi) is 5.19. The van der Waals surface area contributed by atoms with Crippen LogP contribution in [-0.2, 0) is 5.60 Å². The van der Waals surface area contributed by atoms with Gasteiger partial charge in [0.2, 0.25) is 0 Å². The average Bonchev–Trinajstić information content (AvgIpc) is 2.56. The molecule has 0 aliphatic rings. The van der Waals surface area contributed by atoms with E-state index in [-0.39, 0.29) is 11.8 Å². The molecular formula is C19H25NO2. The van der Waals surface area contributed by atoms with Crippen molar-refractivity contribution in [2.24, 2.45) is 5.92 Å². The quantitative estimate of drug-likeness (QED) is 0.872. The van der Waals surface area contributed by atoms with Gasteiger partial charge in [0.1, 0.15) is 11.4 Å². The number of pyridine rings is 1. The van der Waals surface area contributed by atoms with Crippen molar-refractivity contribution in [1.29, 1.82) is 0 Å². The molecule has 22 heavy (non-hydrogen) atoms. The van der Waals surface area contributed by atoms with Crippen molar-refractivity contribution in [2.45, 2.75) is 38.7 Å². The fourth-order valence-electron chi connectivity index (χ4n) is 3.20. The summed E-state index contributed by atoms with van der Waals surface area (Å²) in [6.07, 6.45) is 2.35. The first kappa shape index (κ1) is 16.5. The molecule has 0 saturated heterocycles. The van der Waals surface area contributed by atoms with Gasteiger partial charge in [0.25, 0.3) is 0 Å². The highest BCUT2D eigenvalue weighted by Crippen LogP contribution is 2.43. The van der Waals surface area contributed by atoms with Gasteiger partial charge >= 0.3 is 0 Å². The molecule has 2 aromatic rings. The minimum atomic E-state index is -0.982. The molecule has 1 N–H and O–H groups in total. The van der Waals surface area contributed by atoms with Crippen LogP contribution in [0.3, 0.4) is 0 Å². The van der Waals surface area contributed by atoms with Crippen LogP contribution in [0.2, 0.25) is 0 Å². The zero-order valence-electron chi connectivity index (χ0n) is 13.8. The molecule has 1 aromatic carbocycles. The van der Waals surface area contributed by atoms with Crippen LogP contribution in [0.25, 0.3) is 0 Å². The third-order valence-corrected chi connectivity index (χ3v) is 4.30. The lowest BCUT2D eigenvalue weighted by molar-refractivity contribution is -0.0160. The molecule has 0 bridgehead atoms. The minimum Gasteiger partial charge on any atom is -0.497 e. The van der Waals surface area contributed by atoms with Gasteiger partial charge in [-0.05, 0) is 42.2 Å². The molecule has 0 spiro atoms. The second kappa shape index (κ2) is 6.93. The molecule has 3 nitrogen and oxygen atoms in total. The summed E-state index contributed by atoms with van der Waals surface area (Å²) in [4.78, 5) is 4.41. The Morgan fingerprint density at radius 3 is 2.27 bits per heavy atom. The molecule has 0 fully saturated rings. The highest BCUT2D eigenvalue weighted by atomic mass is 16.5. The maximum atomic E-state index is 11.4. The summed E-state index contributed by atoms with van der Waals surface area (Å²) in [7, 11) is 1.66. The van der Waals surface area contributed by atoms with Gasteiger partial charge in [-0.2, -0.15) is 0 Å². The summed E-state index contributed by atoms with van der Waals surface area (Å²) in [5.74, 6) is 1.07. The third-order valence-electron chi connectivity index (χ3n) is 4.30. The predicted molar refractivity (Wildman–Crippen MR) is 89.0 cm³/mol. The topological polar surface area (TPSA) is 42.4 Å². The van der Waals surface area contributed by atoms with Gasteiger partial charge in [0.05, 0.1) is 12.8 Å². The summed E-state index contributed by atoms with van der Waals surface area (Å²) < 4.78 is 5.23. The SMILES string of the molecule is CC[C@](O)(c1ccccn1)[C@@H](c1ccc(OC)cc1)C(C)C. The molecule has 2 rings (SSSR count). The Morgan fingerprint density at radius 1 is 1.14 bits per heavy atom. The highest BCUT2D eigenvalue weighted by molar-refractivity contribution is 5.33. The number of nitrogens with zero attached hydrogens (tertiary/aromatic N) is 1. The molecule has 0 aliphatic carbocycles. The number of hydrogen-bond acceptors (Lipinski definition) is 3. The lowest BCUT2D eigenvalue weighted by Crippen LogP contribution is -2.36. The third kappa shape index (κ3) is 3.14. The lowest BCUT2D eigenvalue weighted by atomic mass is 9.72. The Morgan fingerprint density at radius 2 is 1.82 bits per heavy atom. The van der Waals surface area contributed by atoms with Crippen molar-refractivity contribution in [3.63, 3.8) is 0 Å². The van der Waals surface area contributed by atoms with Crippen molar-refractivity contribution < 1.29 is 9.84 Å². The van der Waals surface area contributed by atoms with Gasteiger partial charge in [-0.15, -0.1) is 0 Å². The van der Waals surface area contributed by atoms with Crippen LogP contribution in [0.4, 0.5) is 0 Å². The second-order valence-electron chi connectivity index (χ2n) is 5.99. The van der Waals surface area contributed by atoms with E-state index in [0.29, 0.717) is 6.42 Å². The zero-order valence-corrected chi connectivity index (χ0v) is 13.8. The van der Waals surface area contributed by atoms with E-state index in [1.165, 1.54) is 0 Å². The summed E-state index contributed by atoms with van der Waals surface area (Å²) in [6, 6.07) is 13.7. The van der Waals surface area contributed by atoms with E-state index in [4.69, 9.17) is 4.74 Å². The summed E-state index contributed by atoms with van der Waals surface area (Å²) >= 11 is 0. The molecular weight excluding hydrogens is 274 g/mol. The number of aliphatic hydroxyl groups is 1. The van der Waals surface area contributed by atoms with Crippen LogP contribution in [-0.4, -0.2) is 17.2 Å². The first-order valence-corrected chi connectivity index (χ1v) is 7.80.